The van der Waals surface area contributed by atoms with Gasteiger partial charge in [0.2, 0.25) is 11.7 Å². The number of rotatable bonds is 4. The first-order valence-corrected chi connectivity index (χ1v) is 8.45. The van der Waals surface area contributed by atoms with E-state index in [1.165, 1.54) is 9.40 Å². The van der Waals surface area contributed by atoms with Crippen molar-refractivity contribution in [1.29, 1.82) is 0 Å². The average molecular weight is 321 g/mol. The maximum Gasteiger partial charge on any atom is 0.376 e. The first kappa shape index (κ1) is 14.3. The number of aromatic nitrogens is 1. The molecule has 0 aliphatic rings. The number of hydrogen-bond acceptors (Lipinski definition) is 6. The second-order valence-corrected chi connectivity index (χ2v) is 6.90. The van der Waals surface area contributed by atoms with Gasteiger partial charge in [-0.2, -0.15) is 0 Å². The van der Waals surface area contributed by atoms with E-state index in [9.17, 15) is 4.79 Å². The van der Waals surface area contributed by atoms with Crippen LogP contribution in [-0.4, -0.2) is 17.6 Å². The molecule has 3 rings (SSSR count). The second kappa shape index (κ2) is 5.61. The molecule has 0 fully saturated rings. The summed E-state index contributed by atoms with van der Waals surface area (Å²) in [6, 6.07) is 4.13. The molecule has 0 aromatic carbocycles. The van der Waals surface area contributed by atoms with Gasteiger partial charge in [0.25, 0.3) is 0 Å². The molecule has 0 unspecified atom stereocenters. The van der Waals surface area contributed by atoms with Crippen molar-refractivity contribution in [3.8, 4) is 10.8 Å². The first-order chi connectivity index (χ1) is 10.1. The molecule has 6 heteroatoms. The van der Waals surface area contributed by atoms with Gasteiger partial charge in [0.1, 0.15) is 0 Å². The Morgan fingerprint density at radius 2 is 2.24 bits per heavy atom. The lowest BCUT2D eigenvalue weighted by atomic mass is 10.1. The van der Waals surface area contributed by atoms with Crippen molar-refractivity contribution in [2.45, 2.75) is 26.7 Å². The number of oxazole rings is 1. The van der Waals surface area contributed by atoms with Gasteiger partial charge in [-0.1, -0.05) is 13.8 Å². The van der Waals surface area contributed by atoms with Gasteiger partial charge in [-0.3, -0.25) is 0 Å². The van der Waals surface area contributed by atoms with Crippen LogP contribution < -0.4 is 0 Å². The smallest absolute Gasteiger partial charge is 0.376 e. The van der Waals surface area contributed by atoms with Crippen LogP contribution in [0.1, 0.15) is 42.9 Å². The van der Waals surface area contributed by atoms with Gasteiger partial charge >= 0.3 is 5.97 Å². The third-order valence-electron chi connectivity index (χ3n) is 3.01. The Balaban J connectivity index is 2.05. The van der Waals surface area contributed by atoms with Gasteiger partial charge in [-0.05, 0) is 30.4 Å². The van der Waals surface area contributed by atoms with E-state index >= 15 is 0 Å². The summed E-state index contributed by atoms with van der Waals surface area (Å²) in [5.41, 5.74) is 0.653. The van der Waals surface area contributed by atoms with Gasteiger partial charge in [0, 0.05) is 9.40 Å². The minimum atomic E-state index is -0.446. The molecule has 4 nitrogen and oxygen atoms in total. The zero-order chi connectivity index (χ0) is 15.0. The van der Waals surface area contributed by atoms with E-state index in [1.807, 2.05) is 13.8 Å². The van der Waals surface area contributed by atoms with Gasteiger partial charge in [-0.25, -0.2) is 9.78 Å². The first-order valence-electron chi connectivity index (χ1n) is 6.75. The maximum absolute atomic E-state index is 12.0. The van der Waals surface area contributed by atoms with Gasteiger partial charge in [0.15, 0.2) is 0 Å². The summed E-state index contributed by atoms with van der Waals surface area (Å²) in [5.74, 6) is 0.370. The van der Waals surface area contributed by atoms with Crippen molar-refractivity contribution in [3.05, 3.63) is 29.0 Å². The summed E-state index contributed by atoms with van der Waals surface area (Å²) in [4.78, 5) is 17.4. The van der Waals surface area contributed by atoms with Crippen LogP contribution in [0.3, 0.4) is 0 Å². The Bertz CT molecular complexity index is 753. The molecule has 0 spiro atoms. The third-order valence-corrected chi connectivity index (χ3v) is 5.09. The fourth-order valence-corrected chi connectivity index (χ4v) is 4.08. The lowest BCUT2D eigenvalue weighted by Crippen LogP contribution is -2.07. The van der Waals surface area contributed by atoms with Crippen LogP contribution >= 0.6 is 22.7 Å². The Morgan fingerprint density at radius 1 is 1.43 bits per heavy atom. The van der Waals surface area contributed by atoms with Crippen molar-refractivity contribution >= 4 is 38.0 Å². The molecule has 21 heavy (non-hydrogen) atoms. The fraction of sp³-hybridized carbons (Fsp3) is 0.333. The summed E-state index contributed by atoms with van der Waals surface area (Å²) in [7, 11) is 0. The fourth-order valence-electron chi connectivity index (χ4n) is 2.04. The largest absolute Gasteiger partial charge is 0.460 e. The van der Waals surface area contributed by atoms with Crippen LogP contribution in [0.15, 0.2) is 21.9 Å². The molecular weight excluding hydrogens is 306 g/mol. The molecule has 3 aromatic rings. The van der Waals surface area contributed by atoms with Crippen molar-refractivity contribution in [1.82, 2.24) is 4.98 Å². The highest BCUT2D eigenvalue weighted by atomic mass is 32.1. The number of thiophene rings is 2. The molecule has 0 radical (unpaired) electrons. The second-order valence-electron chi connectivity index (χ2n) is 4.87. The quantitative estimate of drug-likeness (QED) is 0.640. The van der Waals surface area contributed by atoms with E-state index in [4.69, 9.17) is 9.15 Å². The summed E-state index contributed by atoms with van der Waals surface area (Å²) < 4.78 is 13.2. The summed E-state index contributed by atoms with van der Waals surface area (Å²) >= 11 is 3.30. The molecule has 3 aromatic heterocycles. The van der Waals surface area contributed by atoms with Crippen LogP contribution in [0.25, 0.3) is 20.2 Å². The lowest BCUT2D eigenvalue weighted by molar-refractivity contribution is 0.0489. The highest BCUT2D eigenvalue weighted by Gasteiger charge is 2.24. The SMILES string of the molecule is CCOC(=O)c1oc(-c2cc3sccc3s2)nc1C(C)C. The van der Waals surface area contributed by atoms with Crippen LogP contribution in [0.2, 0.25) is 0 Å². The zero-order valence-corrected chi connectivity index (χ0v) is 13.6. The predicted molar refractivity (Wildman–Crippen MR) is 85.2 cm³/mol. The van der Waals surface area contributed by atoms with Gasteiger partial charge in [0.05, 0.1) is 17.2 Å². The molecular formula is C15H15NO3S2. The summed E-state index contributed by atoms with van der Waals surface area (Å²) in [6.45, 7) is 6.06. The maximum atomic E-state index is 12.0. The van der Waals surface area contributed by atoms with Crippen molar-refractivity contribution in [2.24, 2.45) is 0 Å². The minimum Gasteiger partial charge on any atom is -0.460 e. The Labute approximate surface area is 130 Å². The van der Waals surface area contributed by atoms with Gasteiger partial charge < -0.3 is 9.15 Å². The van der Waals surface area contributed by atoms with E-state index in [0.29, 0.717) is 18.2 Å². The third kappa shape index (κ3) is 2.61. The van der Waals surface area contributed by atoms with Crippen LogP contribution in [-0.2, 0) is 4.74 Å². The zero-order valence-electron chi connectivity index (χ0n) is 12.0. The number of carbonyl (C=O) groups is 1. The summed E-state index contributed by atoms with van der Waals surface area (Å²) in [6.07, 6.45) is 0. The van der Waals surface area contributed by atoms with Crippen LogP contribution in [0.5, 0.6) is 0 Å². The van der Waals surface area contributed by atoms with Crippen LogP contribution in [0, 0.1) is 0 Å². The predicted octanol–water partition coefficient (Wildman–Crippen LogP) is 4.92. The van der Waals surface area contributed by atoms with E-state index in [-0.39, 0.29) is 11.7 Å². The Hall–Kier alpha value is -1.66. The molecule has 0 N–H and O–H groups in total. The standard InChI is InChI=1S/C15H15NO3S2/c1-4-18-15(17)13-12(8(2)3)16-14(19-13)11-7-10-9(21-11)5-6-20-10/h5-8H,4H2,1-3H3. The highest BCUT2D eigenvalue weighted by molar-refractivity contribution is 7.28. The normalized spacial score (nSPS) is 11.4. The van der Waals surface area contributed by atoms with E-state index in [1.54, 1.807) is 29.6 Å². The number of fused-ring (bicyclic) bond motifs is 1. The molecule has 0 aliphatic heterocycles. The van der Waals surface area contributed by atoms with Crippen LogP contribution in [0.4, 0.5) is 0 Å². The van der Waals surface area contributed by atoms with E-state index in [2.05, 4.69) is 22.5 Å². The number of hydrogen-bond donors (Lipinski definition) is 0. The summed E-state index contributed by atoms with van der Waals surface area (Å²) in [5, 5.41) is 2.06. The topological polar surface area (TPSA) is 52.3 Å². The number of ether oxygens (including phenoxy) is 1. The molecule has 0 bridgehead atoms. The number of esters is 1. The molecule has 0 saturated carbocycles. The molecule has 3 heterocycles. The molecule has 0 amide bonds. The Kier molecular flexibility index (Phi) is 3.82. The van der Waals surface area contributed by atoms with Crippen molar-refractivity contribution < 1.29 is 13.9 Å². The molecule has 0 atom stereocenters. The van der Waals surface area contributed by atoms with Crippen molar-refractivity contribution in [3.63, 3.8) is 0 Å². The minimum absolute atomic E-state index is 0.1000. The number of carbonyl (C=O) groups excluding carboxylic acids is 1. The highest BCUT2D eigenvalue weighted by Crippen LogP contribution is 2.37. The van der Waals surface area contributed by atoms with Gasteiger partial charge in [-0.15, -0.1) is 22.7 Å². The molecule has 0 saturated heterocycles. The number of nitrogens with zero attached hydrogens (tertiary/aromatic N) is 1. The van der Waals surface area contributed by atoms with E-state index < -0.39 is 5.97 Å². The van der Waals surface area contributed by atoms with Crippen molar-refractivity contribution in [2.75, 3.05) is 6.61 Å². The Morgan fingerprint density at radius 3 is 2.90 bits per heavy atom. The molecule has 0 aliphatic carbocycles. The monoisotopic (exact) mass is 321 g/mol. The van der Waals surface area contributed by atoms with E-state index in [0.717, 1.165) is 4.88 Å². The lowest BCUT2D eigenvalue weighted by Gasteiger charge is -2.02. The molecule has 110 valence electrons. The average Bonchev–Trinajstić information content (AvgIpc) is 3.11.